The van der Waals surface area contributed by atoms with E-state index in [1.165, 1.54) is 16.7 Å². The van der Waals surface area contributed by atoms with E-state index in [1.54, 1.807) is 0 Å². The number of ether oxygens (including phenoxy) is 2. The highest BCUT2D eigenvalue weighted by atomic mass is 16.8. The lowest BCUT2D eigenvalue weighted by Crippen LogP contribution is -2.03. The third-order valence-electron chi connectivity index (χ3n) is 3.99. The molecule has 2 unspecified atom stereocenters. The van der Waals surface area contributed by atoms with E-state index in [4.69, 9.17) is 14.6 Å². The van der Waals surface area contributed by atoms with Gasteiger partial charge in [-0.2, -0.15) is 0 Å². The highest BCUT2D eigenvalue weighted by Crippen LogP contribution is 2.27. The second-order valence-corrected chi connectivity index (χ2v) is 6.77. The minimum absolute atomic E-state index is 0.0406. The Hall–Kier alpha value is -1.39. The summed E-state index contributed by atoms with van der Waals surface area (Å²) in [7, 11) is 0. The molecule has 1 N–H and O–H groups in total. The summed E-state index contributed by atoms with van der Waals surface area (Å²) in [5.74, 6) is -0.788. The molecule has 136 valence electrons. The topological polar surface area (TPSA) is 59.1 Å². The van der Waals surface area contributed by atoms with Crippen molar-refractivity contribution in [2.75, 3.05) is 6.61 Å². The molecule has 0 aliphatic carbocycles. The second-order valence-electron chi connectivity index (χ2n) is 6.77. The maximum atomic E-state index is 10.5. The molecule has 0 aromatic carbocycles. The molecule has 2 atom stereocenters. The van der Waals surface area contributed by atoms with Gasteiger partial charge in [-0.15, -0.1) is 0 Å². The highest BCUT2D eigenvalue weighted by molar-refractivity contribution is 5.66. The Morgan fingerprint density at radius 1 is 1.00 bits per heavy atom. The van der Waals surface area contributed by atoms with E-state index in [9.17, 15) is 4.79 Å². The van der Waals surface area contributed by atoms with Gasteiger partial charge in [0.15, 0.2) is 6.29 Å². The van der Waals surface area contributed by atoms with Crippen LogP contribution in [0.1, 0.15) is 66.2 Å². The van der Waals surface area contributed by atoms with Crippen LogP contribution in [-0.2, 0) is 14.3 Å². The Kier molecular flexibility index (Phi) is 9.65. The van der Waals surface area contributed by atoms with Crippen LogP contribution in [0.25, 0.3) is 0 Å². The van der Waals surface area contributed by atoms with Gasteiger partial charge >= 0.3 is 5.97 Å². The van der Waals surface area contributed by atoms with Gasteiger partial charge in [0.1, 0.15) is 6.10 Å². The fourth-order valence-corrected chi connectivity index (χ4v) is 2.37. The monoisotopic (exact) mass is 336 g/mol. The number of rotatable bonds is 12. The summed E-state index contributed by atoms with van der Waals surface area (Å²) in [4.78, 5) is 10.5. The zero-order valence-electron chi connectivity index (χ0n) is 15.5. The van der Waals surface area contributed by atoms with Crippen molar-refractivity contribution in [3.63, 3.8) is 0 Å². The number of allylic oxidation sites excluding steroid dienone is 5. The van der Waals surface area contributed by atoms with Gasteiger partial charge in [-0.1, -0.05) is 34.9 Å². The molecule has 0 amide bonds. The van der Waals surface area contributed by atoms with Crippen molar-refractivity contribution in [2.45, 2.75) is 78.6 Å². The molecule has 1 fully saturated rings. The van der Waals surface area contributed by atoms with Crippen LogP contribution < -0.4 is 0 Å². The van der Waals surface area contributed by atoms with E-state index >= 15 is 0 Å². The first-order valence-electron chi connectivity index (χ1n) is 8.82. The Morgan fingerprint density at radius 2 is 1.62 bits per heavy atom. The minimum Gasteiger partial charge on any atom is -0.481 e. The molecule has 1 saturated heterocycles. The Labute approximate surface area is 146 Å². The molecule has 4 heteroatoms. The zero-order chi connectivity index (χ0) is 17.9. The molecular weight excluding hydrogens is 304 g/mol. The van der Waals surface area contributed by atoms with Crippen LogP contribution >= 0.6 is 0 Å². The van der Waals surface area contributed by atoms with E-state index in [0.717, 1.165) is 25.7 Å². The zero-order valence-corrected chi connectivity index (χ0v) is 15.5. The molecule has 1 aliphatic heterocycles. The van der Waals surface area contributed by atoms with Crippen LogP contribution in [0.2, 0.25) is 0 Å². The smallest absolute Gasteiger partial charge is 0.303 e. The molecule has 24 heavy (non-hydrogen) atoms. The van der Waals surface area contributed by atoms with Gasteiger partial charge in [-0.25, -0.2) is 0 Å². The van der Waals surface area contributed by atoms with Crippen LogP contribution in [0.15, 0.2) is 34.9 Å². The maximum Gasteiger partial charge on any atom is 0.303 e. The molecule has 4 nitrogen and oxygen atoms in total. The van der Waals surface area contributed by atoms with Crippen LogP contribution in [0.3, 0.4) is 0 Å². The third-order valence-corrected chi connectivity index (χ3v) is 3.99. The van der Waals surface area contributed by atoms with Gasteiger partial charge < -0.3 is 14.6 Å². The molecule has 0 radical (unpaired) electrons. The lowest BCUT2D eigenvalue weighted by atomic mass is 10.1. The molecule has 1 heterocycles. The standard InChI is InChI=1S/C20H32O4/c1-15(2)7-5-8-16(3)9-6-10-17(4)13-14-23-20-18(24-20)11-12-19(21)22/h7,9,13,18,20H,5-6,8,10-12,14H2,1-4H3,(H,21,22). The van der Waals surface area contributed by atoms with E-state index in [2.05, 4.69) is 45.9 Å². The summed E-state index contributed by atoms with van der Waals surface area (Å²) in [5.41, 5.74) is 4.14. The van der Waals surface area contributed by atoms with Crippen molar-refractivity contribution in [1.82, 2.24) is 0 Å². The number of carbonyl (C=O) groups is 1. The lowest BCUT2D eigenvalue weighted by Gasteiger charge is -2.02. The van der Waals surface area contributed by atoms with E-state index in [-0.39, 0.29) is 18.8 Å². The van der Waals surface area contributed by atoms with Gasteiger partial charge in [0.25, 0.3) is 0 Å². The molecule has 1 aliphatic rings. The molecule has 0 aromatic heterocycles. The lowest BCUT2D eigenvalue weighted by molar-refractivity contribution is -0.137. The van der Waals surface area contributed by atoms with Crippen LogP contribution in [0.5, 0.6) is 0 Å². The predicted molar refractivity (Wildman–Crippen MR) is 96.9 cm³/mol. The van der Waals surface area contributed by atoms with Crippen molar-refractivity contribution in [2.24, 2.45) is 0 Å². The fourth-order valence-electron chi connectivity index (χ4n) is 2.37. The summed E-state index contributed by atoms with van der Waals surface area (Å²) in [6.07, 6.45) is 11.5. The summed E-state index contributed by atoms with van der Waals surface area (Å²) < 4.78 is 10.8. The molecular formula is C20H32O4. The van der Waals surface area contributed by atoms with E-state index in [1.807, 2.05) is 0 Å². The van der Waals surface area contributed by atoms with Gasteiger partial charge in [0.05, 0.1) is 6.61 Å². The highest BCUT2D eigenvalue weighted by Gasteiger charge is 2.39. The molecule has 0 bridgehead atoms. The Morgan fingerprint density at radius 3 is 2.25 bits per heavy atom. The van der Waals surface area contributed by atoms with Crippen molar-refractivity contribution in [1.29, 1.82) is 0 Å². The SMILES string of the molecule is CC(C)=CCCC(C)=CCCC(C)=CCOC1OC1CCC(=O)O. The van der Waals surface area contributed by atoms with Crippen molar-refractivity contribution in [3.8, 4) is 0 Å². The average Bonchev–Trinajstić information content (AvgIpc) is 3.23. The number of hydrogen-bond acceptors (Lipinski definition) is 3. The molecule has 0 spiro atoms. The Balaban J connectivity index is 2.10. The van der Waals surface area contributed by atoms with Gasteiger partial charge in [-0.3, -0.25) is 4.79 Å². The van der Waals surface area contributed by atoms with Gasteiger partial charge in [-0.05, 0) is 59.8 Å². The molecule has 0 saturated carbocycles. The van der Waals surface area contributed by atoms with Gasteiger partial charge in [0, 0.05) is 6.42 Å². The summed E-state index contributed by atoms with van der Waals surface area (Å²) in [5, 5.41) is 8.61. The second kappa shape index (κ2) is 11.2. The van der Waals surface area contributed by atoms with E-state index < -0.39 is 5.97 Å². The molecule has 1 rings (SSSR count). The third kappa shape index (κ3) is 10.4. The number of hydrogen-bond donors (Lipinski definition) is 1. The number of epoxide rings is 1. The first-order chi connectivity index (χ1) is 11.4. The maximum absolute atomic E-state index is 10.5. The number of carboxylic acid groups (broad SMARTS) is 1. The Bertz CT molecular complexity index is 484. The van der Waals surface area contributed by atoms with Crippen molar-refractivity contribution < 1.29 is 19.4 Å². The van der Waals surface area contributed by atoms with Gasteiger partial charge in [0.2, 0.25) is 0 Å². The van der Waals surface area contributed by atoms with Crippen LogP contribution in [-0.4, -0.2) is 30.1 Å². The predicted octanol–water partition coefficient (Wildman–Crippen LogP) is 5.01. The van der Waals surface area contributed by atoms with Crippen LogP contribution in [0, 0.1) is 0 Å². The summed E-state index contributed by atoms with van der Waals surface area (Å²) in [6, 6.07) is 0. The first-order valence-corrected chi connectivity index (χ1v) is 8.82. The number of carboxylic acids is 1. The first kappa shape index (κ1) is 20.7. The van der Waals surface area contributed by atoms with E-state index in [0.29, 0.717) is 13.0 Å². The summed E-state index contributed by atoms with van der Waals surface area (Å²) in [6.45, 7) is 9.12. The molecule has 0 aromatic rings. The minimum atomic E-state index is -0.788. The fraction of sp³-hybridized carbons (Fsp3) is 0.650. The normalized spacial score (nSPS) is 20.8. The number of aliphatic carboxylic acids is 1. The quantitative estimate of drug-likeness (QED) is 0.402. The van der Waals surface area contributed by atoms with Crippen molar-refractivity contribution >= 4 is 5.97 Å². The van der Waals surface area contributed by atoms with Crippen LogP contribution in [0.4, 0.5) is 0 Å². The summed E-state index contributed by atoms with van der Waals surface area (Å²) >= 11 is 0. The van der Waals surface area contributed by atoms with Crippen molar-refractivity contribution in [3.05, 3.63) is 34.9 Å². The largest absolute Gasteiger partial charge is 0.481 e. The average molecular weight is 336 g/mol.